The second-order valence-corrected chi connectivity index (χ2v) is 5.50. The molecular formula is C16H20N2O. The number of fused-ring (bicyclic) bond motifs is 2. The van der Waals surface area contributed by atoms with Crippen LogP contribution in [0.25, 0.3) is 10.9 Å². The molecule has 0 atom stereocenters. The second kappa shape index (κ2) is 4.72. The molecule has 1 aliphatic carbocycles. The quantitative estimate of drug-likeness (QED) is 0.894. The molecule has 3 rings (SSSR count). The van der Waals surface area contributed by atoms with Crippen LogP contribution in [0, 0.1) is 0 Å². The van der Waals surface area contributed by atoms with Crippen LogP contribution in [-0.4, -0.2) is 11.1 Å². The van der Waals surface area contributed by atoms with Crippen LogP contribution in [0.5, 0.6) is 5.75 Å². The maximum Gasteiger partial charge on any atom is 0.120 e. The molecule has 0 saturated carbocycles. The van der Waals surface area contributed by atoms with Gasteiger partial charge in [-0.1, -0.05) is 0 Å². The molecule has 0 amide bonds. The van der Waals surface area contributed by atoms with Crippen molar-refractivity contribution < 1.29 is 4.74 Å². The molecule has 0 aliphatic heterocycles. The van der Waals surface area contributed by atoms with E-state index in [2.05, 4.69) is 0 Å². The highest BCUT2D eigenvalue weighted by atomic mass is 16.5. The van der Waals surface area contributed by atoms with Crippen LogP contribution in [0.3, 0.4) is 0 Å². The van der Waals surface area contributed by atoms with Gasteiger partial charge in [-0.15, -0.1) is 0 Å². The standard InChI is InChI=1S/C16H20N2O/c1-10(2)19-11-7-8-15-13(9-11)16(17)12-5-3-4-6-14(12)18-15/h7-10H,3-6H2,1-2H3,(H2,17,18). The summed E-state index contributed by atoms with van der Waals surface area (Å²) in [6, 6.07) is 6.01. The van der Waals surface area contributed by atoms with Gasteiger partial charge in [0.25, 0.3) is 0 Å². The Hall–Kier alpha value is -1.77. The third-order valence-corrected chi connectivity index (χ3v) is 3.65. The number of rotatable bonds is 2. The lowest BCUT2D eigenvalue weighted by molar-refractivity contribution is 0.243. The number of nitrogen functional groups attached to an aromatic ring is 1. The zero-order valence-electron chi connectivity index (χ0n) is 11.6. The zero-order chi connectivity index (χ0) is 13.4. The smallest absolute Gasteiger partial charge is 0.120 e. The fraction of sp³-hybridized carbons (Fsp3) is 0.438. The van der Waals surface area contributed by atoms with E-state index in [1.807, 2.05) is 32.0 Å². The summed E-state index contributed by atoms with van der Waals surface area (Å²) in [5.41, 5.74) is 10.7. The normalized spacial score (nSPS) is 14.7. The van der Waals surface area contributed by atoms with Crippen LogP contribution in [0.2, 0.25) is 0 Å². The van der Waals surface area contributed by atoms with Gasteiger partial charge in [-0.05, 0) is 63.3 Å². The zero-order valence-corrected chi connectivity index (χ0v) is 11.6. The van der Waals surface area contributed by atoms with Crippen molar-refractivity contribution in [3.63, 3.8) is 0 Å². The minimum atomic E-state index is 0.171. The second-order valence-electron chi connectivity index (χ2n) is 5.50. The Bertz CT molecular complexity index is 620. The molecule has 100 valence electrons. The van der Waals surface area contributed by atoms with Gasteiger partial charge in [0.1, 0.15) is 5.75 Å². The predicted molar refractivity (Wildman–Crippen MR) is 78.6 cm³/mol. The molecule has 2 N–H and O–H groups in total. The first-order valence-electron chi connectivity index (χ1n) is 7.03. The molecule has 2 aromatic rings. The Balaban J connectivity index is 2.14. The number of pyridine rings is 1. The lowest BCUT2D eigenvalue weighted by Crippen LogP contribution is -2.10. The Kier molecular flexibility index (Phi) is 3.05. The number of hydrogen-bond acceptors (Lipinski definition) is 3. The van der Waals surface area contributed by atoms with E-state index < -0.39 is 0 Å². The Labute approximate surface area is 113 Å². The molecule has 1 aromatic carbocycles. The fourth-order valence-corrected chi connectivity index (χ4v) is 2.78. The molecule has 0 spiro atoms. The molecule has 0 unspecified atom stereocenters. The fourth-order valence-electron chi connectivity index (χ4n) is 2.78. The van der Waals surface area contributed by atoms with E-state index >= 15 is 0 Å². The third kappa shape index (κ3) is 2.25. The van der Waals surface area contributed by atoms with E-state index in [1.54, 1.807) is 0 Å². The monoisotopic (exact) mass is 256 g/mol. The van der Waals surface area contributed by atoms with Gasteiger partial charge >= 0.3 is 0 Å². The van der Waals surface area contributed by atoms with E-state index in [0.29, 0.717) is 0 Å². The number of hydrogen-bond donors (Lipinski definition) is 1. The summed E-state index contributed by atoms with van der Waals surface area (Å²) in [5.74, 6) is 0.867. The number of benzene rings is 1. The Morgan fingerprint density at radius 1 is 1.21 bits per heavy atom. The first-order chi connectivity index (χ1) is 9.15. The molecule has 1 aromatic heterocycles. The summed E-state index contributed by atoms with van der Waals surface area (Å²) in [4.78, 5) is 4.76. The van der Waals surface area contributed by atoms with Gasteiger partial charge in [0.15, 0.2) is 0 Å². The number of aryl methyl sites for hydroxylation is 1. The highest BCUT2D eigenvalue weighted by Crippen LogP contribution is 2.33. The summed E-state index contributed by atoms with van der Waals surface area (Å²) < 4.78 is 5.74. The van der Waals surface area contributed by atoms with Crippen LogP contribution >= 0.6 is 0 Å². The highest BCUT2D eigenvalue weighted by molar-refractivity contribution is 5.93. The van der Waals surface area contributed by atoms with Crippen molar-refractivity contribution in [1.82, 2.24) is 4.98 Å². The molecule has 0 fully saturated rings. The molecule has 0 radical (unpaired) electrons. The molecule has 1 heterocycles. The molecule has 3 nitrogen and oxygen atoms in total. The van der Waals surface area contributed by atoms with Crippen molar-refractivity contribution in [2.24, 2.45) is 0 Å². The van der Waals surface area contributed by atoms with E-state index in [-0.39, 0.29) is 6.10 Å². The molecule has 19 heavy (non-hydrogen) atoms. The minimum Gasteiger partial charge on any atom is -0.491 e. The lowest BCUT2D eigenvalue weighted by atomic mass is 9.93. The molecule has 1 aliphatic rings. The van der Waals surface area contributed by atoms with E-state index in [1.165, 1.54) is 24.1 Å². The van der Waals surface area contributed by atoms with Gasteiger partial charge < -0.3 is 10.5 Å². The lowest BCUT2D eigenvalue weighted by Gasteiger charge is -2.19. The third-order valence-electron chi connectivity index (χ3n) is 3.65. The van der Waals surface area contributed by atoms with Crippen LogP contribution in [0.4, 0.5) is 5.69 Å². The topological polar surface area (TPSA) is 48.1 Å². The van der Waals surface area contributed by atoms with Crippen LogP contribution in [0.1, 0.15) is 37.9 Å². The van der Waals surface area contributed by atoms with Crippen molar-refractivity contribution in [1.29, 1.82) is 0 Å². The minimum absolute atomic E-state index is 0.171. The van der Waals surface area contributed by atoms with Crippen LogP contribution < -0.4 is 10.5 Å². The van der Waals surface area contributed by atoms with E-state index in [4.69, 9.17) is 15.5 Å². The average molecular weight is 256 g/mol. The number of aromatic nitrogens is 1. The highest BCUT2D eigenvalue weighted by Gasteiger charge is 2.16. The number of nitrogens with two attached hydrogens (primary N) is 1. The first-order valence-corrected chi connectivity index (χ1v) is 7.03. The van der Waals surface area contributed by atoms with Gasteiger partial charge in [-0.25, -0.2) is 0 Å². The molecule has 3 heteroatoms. The van der Waals surface area contributed by atoms with Gasteiger partial charge in [-0.3, -0.25) is 4.98 Å². The van der Waals surface area contributed by atoms with E-state index in [9.17, 15) is 0 Å². The number of nitrogens with zero attached hydrogens (tertiary/aromatic N) is 1. The van der Waals surface area contributed by atoms with Gasteiger partial charge in [0, 0.05) is 16.8 Å². The maximum absolute atomic E-state index is 6.34. The van der Waals surface area contributed by atoms with Gasteiger partial charge in [0.05, 0.1) is 11.6 Å². The summed E-state index contributed by atoms with van der Waals surface area (Å²) in [6.45, 7) is 4.05. The van der Waals surface area contributed by atoms with Crippen molar-refractivity contribution in [3.8, 4) is 5.75 Å². The molecule has 0 saturated heterocycles. The summed E-state index contributed by atoms with van der Waals surface area (Å²) in [5, 5.41) is 1.03. The SMILES string of the molecule is CC(C)Oc1ccc2nc3c(c(N)c2c1)CCCC3. The average Bonchev–Trinajstić information content (AvgIpc) is 2.39. The largest absolute Gasteiger partial charge is 0.491 e. The van der Waals surface area contributed by atoms with Gasteiger partial charge in [-0.2, -0.15) is 0 Å². The maximum atomic E-state index is 6.34. The number of ether oxygens (including phenoxy) is 1. The Morgan fingerprint density at radius 3 is 2.79 bits per heavy atom. The summed E-state index contributed by atoms with van der Waals surface area (Å²) >= 11 is 0. The number of anilines is 1. The van der Waals surface area contributed by atoms with Crippen LogP contribution in [0.15, 0.2) is 18.2 Å². The van der Waals surface area contributed by atoms with Crippen LogP contribution in [-0.2, 0) is 12.8 Å². The molecule has 0 bridgehead atoms. The van der Waals surface area contributed by atoms with Crippen molar-refractivity contribution >= 4 is 16.6 Å². The van der Waals surface area contributed by atoms with Crippen molar-refractivity contribution in [2.45, 2.75) is 45.6 Å². The summed E-state index contributed by atoms with van der Waals surface area (Å²) in [7, 11) is 0. The summed E-state index contributed by atoms with van der Waals surface area (Å²) in [6.07, 6.45) is 4.72. The predicted octanol–water partition coefficient (Wildman–Crippen LogP) is 3.48. The van der Waals surface area contributed by atoms with Crippen molar-refractivity contribution in [2.75, 3.05) is 5.73 Å². The van der Waals surface area contributed by atoms with E-state index in [0.717, 1.165) is 35.2 Å². The first kappa shape index (κ1) is 12.3. The van der Waals surface area contributed by atoms with Crippen molar-refractivity contribution in [3.05, 3.63) is 29.5 Å². The van der Waals surface area contributed by atoms with Gasteiger partial charge in [0.2, 0.25) is 0 Å². The Morgan fingerprint density at radius 2 is 2.00 bits per heavy atom. The molecular weight excluding hydrogens is 236 g/mol.